The van der Waals surface area contributed by atoms with Crippen molar-refractivity contribution in [3.05, 3.63) is 53.5 Å². The number of para-hydroxylation sites is 1. The molecule has 0 unspecified atom stereocenters. The van der Waals surface area contributed by atoms with Gasteiger partial charge in [-0.2, -0.15) is 0 Å². The Bertz CT molecular complexity index is 908. The molecule has 21 heavy (non-hydrogen) atoms. The van der Waals surface area contributed by atoms with Crippen LogP contribution in [0.3, 0.4) is 0 Å². The maximum Gasteiger partial charge on any atom is 0.158 e. The molecule has 0 amide bonds. The lowest BCUT2D eigenvalue weighted by molar-refractivity contribution is 1.25. The quantitative estimate of drug-likeness (QED) is 0.606. The lowest BCUT2D eigenvalue weighted by Gasteiger charge is -1.92. The van der Waals surface area contributed by atoms with Crippen LogP contribution in [0.2, 0.25) is 0 Å². The molecule has 0 saturated heterocycles. The van der Waals surface area contributed by atoms with Crippen LogP contribution in [-0.4, -0.2) is 19.9 Å². The van der Waals surface area contributed by atoms with E-state index in [0.29, 0.717) is 0 Å². The molecule has 3 heterocycles. The summed E-state index contributed by atoms with van der Waals surface area (Å²) in [6.45, 7) is 2.06. The average molecular weight is 292 g/mol. The number of aromatic nitrogens is 4. The second-order valence-electron chi connectivity index (χ2n) is 4.81. The molecule has 4 nitrogen and oxygen atoms in total. The number of aryl methyl sites for hydroxylation is 1. The summed E-state index contributed by atoms with van der Waals surface area (Å²) < 4.78 is 0. The number of fused-ring (bicyclic) bond motifs is 1. The smallest absolute Gasteiger partial charge is 0.158 e. The Hall–Kier alpha value is -2.53. The van der Waals surface area contributed by atoms with E-state index in [4.69, 9.17) is 0 Å². The number of pyridine rings is 1. The van der Waals surface area contributed by atoms with Crippen molar-refractivity contribution < 1.29 is 0 Å². The van der Waals surface area contributed by atoms with Gasteiger partial charge < -0.3 is 4.98 Å². The zero-order chi connectivity index (χ0) is 14.2. The number of imidazole rings is 1. The lowest BCUT2D eigenvalue weighted by atomic mass is 10.2. The van der Waals surface area contributed by atoms with Gasteiger partial charge in [0.1, 0.15) is 10.7 Å². The second kappa shape index (κ2) is 4.79. The van der Waals surface area contributed by atoms with E-state index in [1.54, 1.807) is 17.5 Å². The molecule has 1 aromatic carbocycles. The Morgan fingerprint density at radius 1 is 1.00 bits per heavy atom. The number of thiazole rings is 1. The molecule has 0 saturated carbocycles. The van der Waals surface area contributed by atoms with E-state index in [1.807, 2.05) is 35.7 Å². The van der Waals surface area contributed by atoms with E-state index in [9.17, 15) is 0 Å². The number of aromatic amines is 1. The first kappa shape index (κ1) is 12.2. The summed E-state index contributed by atoms with van der Waals surface area (Å²) in [5, 5.41) is 2.92. The number of H-pyrrole nitrogens is 1. The molecule has 0 aliphatic carbocycles. The van der Waals surface area contributed by atoms with Crippen LogP contribution >= 0.6 is 11.3 Å². The summed E-state index contributed by atoms with van der Waals surface area (Å²) >= 11 is 1.58. The normalized spacial score (nSPS) is 11.1. The van der Waals surface area contributed by atoms with Gasteiger partial charge in [-0.15, -0.1) is 11.3 Å². The van der Waals surface area contributed by atoms with Crippen molar-refractivity contribution in [1.29, 1.82) is 0 Å². The molecule has 4 aromatic rings. The van der Waals surface area contributed by atoms with Crippen molar-refractivity contribution in [3.63, 3.8) is 0 Å². The van der Waals surface area contributed by atoms with Crippen LogP contribution in [0.5, 0.6) is 0 Å². The maximum absolute atomic E-state index is 4.66. The molecule has 0 aliphatic rings. The topological polar surface area (TPSA) is 54.5 Å². The van der Waals surface area contributed by atoms with Gasteiger partial charge in [0.25, 0.3) is 0 Å². The zero-order valence-electron chi connectivity index (χ0n) is 11.4. The molecule has 4 rings (SSSR count). The monoisotopic (exact) mass is 292 g/mol. The van der Waals surface area contributed by atoms with Gasteiger partial charge in [-0.1, -0.05) is 18.2 Å². The highest BCUT2D eigenvalue weighted by atomic mass is 32.1. The van der Waals surface area contributed by atoms with Crippen LogP contribution in [0.4, 0.5) is 0 Å². The van der Waals surface area contributed by atoms with Gasteiger partial charge in [0, 0.05) is 11.6 Å². The molecule has 0 spiro atoms. The molecular formula is C16H12N4S. The van der Waals surface area contributed by atoms with Gasteiger partial charge in [0.05, 0.1) is 16.7 Å². The van der Waals surface area contributed by atoms with E-state index in [-0.39, 0.29) is 0 Å². The number of benzene rings is 1. The number of hydrogen-bond acceptors (Lipinski definition) is 4. The summed E-state index contributed by atoms with van der Waals surface area (Å²) in [6.07, 6.45) is 1.78. The minimum absolute atomic E-state index is 0.803. The highest BCUT2D eigenvalue weighted by Gasteiger charge is 2.11. The van der Waals surface area contributed by atoms with Gasteiger partial charge in [-0.3, -0.25) is 4.98 Å². The Morgan fingerprint density at radius 2 is 1.95 bits per heavy atom. The minimum Gasteiger partial charge on any atom is -0.337 e. The third-order valence-electron chi connectivity index (χ3n) is 3.35. The van der Waals surface area contributed by atoms with E-state index in [0.717, 1.165) is 38.8 Å². The van der Waals surface area contributed by atoms with Gasteiger partial charge in [-0.25, -0.2) is 9.97 Å². The Morgan fingerprint density at radius 3 is 2.76 bits per heavy atom. The third kappa shape index (κ3) is 2.11. The van der Waals surface area contributed by atoms with E-state index < -0.39 is 0 Å². The van der Waals surface area contributed by atoms with Crippen LogP contribution in [0.1, 0.15) is 5.56 Å². The molecule has 3 aromatic heterocycles. The molecule has 0 bridgehead atoms. The van der Waals surface area contributed by atoms with Crippen molar-refractivity contribution in [1.82, 2.24) is 19.9 Å². The molecule has 5 heteroatoms. The summed E-state index contributed by atoms with van der Waals surface area (Å²) in [5.41, 5.74) is 4.95. The first-order valence-corrected chi connectivity index (χ1v) is 7.52. The van der Waals surface area contributed by atoms with Crippen molar-refractivity contribution in [2.75, 3.05) is 0 Å². The summed E-state index contributed by atoms with van der Waals surface area (Å²) in [4.78, 5) is 17.0. The van der Waals surface area contributed by atoms with Gasteiger partial charge in [0.15, 0.2) is 5.82 Å². The first-order valence-electron chi connectivity index (χ1n) is 6.64. The third-order valence-corrected chi connectivity index (χ3v) is 4.21. The van der Waals surface area contributed by atoms with E-state index in [1.165, 1.54) is 0 Å². The van der Waals surface area contributed by atoms with E-state index >= 15 is 0 Å². The number of nitrogens with one attached hydrogen (secondary N) is 1. The number of hydrogen-bond donors (Lipinski definition) is 1. The fourth-order valence-electron chi connectivity index (χ4n) is 2.29. The van der Waals surface area contributed by atoms with Crippen LogP contribution < -0.4 is 0 Å². The predicted octanol–water partition coefficient (Wildman–Crippen LogP) is 4.06. The van der Waals surface area contributed by atoms with Crippen molar-refractivity contribution >= 4 is 22.4 Å². The molecule has 0 radical (unpaired) electrons. The van der Waals surface area contributed by atoms with E-state index in [2.05, 4.69) is 32.9 Å². The first-order chi connectivity index (χ1) is 10.3. The van der Waals surface area contributed by atoms with Gasteiger partial charge in [-0.05, 0) is 30.7 Å². The SMILES string of the molecule is Cc1cccc2[nH]c(-c3csc(-c4ccccn4)n3)nc12. The fraction of sp³-hybridized carbons (Fsp3) is 0.0625. The fourth-order valence-corrected chi connectivity index (χ4v) is 3.07. The molecule has 102 valence electrons. The van der Waals surface area contributed by atoms with Gasteiger partial charge >= 0.3 is 0 Å². The van der Waals surface area contributed by atoms with Crippen LogP contribution in [0, 0.1) is 6.92 Å². The van der Waals surface area contributed by atoms with Gasteiger partial charge in [0.2, 0.25) is 0 Å². The van der Waals surface area contributed by atoms with Crippen molar-refractivity contribution in [3.8, 4) is 22.2 Å². The summed E-state index contributed by atoms with van der Waals surface area (Å²) in [6, 6.07) is 12.0. The predicted molar refractivity (Wildman–Crippen MR) is 85.2 cm³/mol. The molecular weight excluding hydrogens is 280 g/mol. The Kier molecular flexibility index (Phi) is 2.79. The molecule has 0 atom stereocenters. The Balaban J connectivity index is 1.79. The Labute approximate surface area is 125 Å². The maximum atomic E-state index is 4.66. The largest absolute Gasteiger partial charge is 0.337 e. The minimum atomic E-state index is 0.803. The number of nitrogens with zero attached hydrogens (tertiary/aromatic N) is 3. The van der Waals surface area contributed by atoms with Crippen LogP contribution in [0.15, 0.2) is 48.0 Å². The summed E-state index contributed by atoms with van der Waals surface area (Å²) in [5.74, 6) is 0.803. The summed E-state index contributed by atoms with van der Waals surface area (Å²) in [7, 11) is 0. The average Bonchev–Trinajstić information content (AvgIpc) is 3.15. The second-order valence-corrected chi connectivity index (χ2v) is 5.67. The lowest BCUT2D eigenvalue weighted by Crippen LogP contribution is -1.83. The van der Waals surface area contributed by atoms with Crippen molar-refractivity contribution in [2.45, 2.75) is 6.92 Å². The standard InChI is InChI=1S/C16H12N4S/c1-10-5-4-7-11-14(10)20-15(18-11)13-9-21-16(19-13)12-6-2-3-8-17-12/h2-9H,1H3,(H,18,20). The highest BCUT2D eigenvalue weighted by Crippen LogP contribution is 2.28. The highest BCUT2D eigenvalue weighted by molar-refractivity contribution is 7.13. The van der Waals surface area contributed by atoms with Crippen molar-refractivity contribution in [2.24, 2.45) is 0 Å². The molecule has 0 aliphatic heterocycles. The zero-order valence-corrected chi connectivity index (χ0v) is 12.2. The number of rotatable bonds is 2. The molecule has 1 N–H and O–H groups in total. The van der Waals surface area contributed by atoms with Crippen LogP contribution in [-0.2, 0) is 0 Å². The van der Waals surface area contributed by atoms with Crippen LogP contribution in [0.25, 0.3) is 33.3 Å². The molecule has 0 fully saturated rings.